The van der Waals surface area contributed by atoms with Gasteiger partial charge in [0, 0.05) is 18.7 Å². The first-order valence-corrected chi connectivity index (χ1v) is 10.8. The molecule has 0 saturated carbocycles. The van der Waals surface area contributed by atoms with Crippen LogP contribution in [0.5, 0.6) is 0 Å². The average Bonchev–Trinajstić information content (AvgIpc) is 3.47. The van der Waals surface area contributed by atoms with Crippen molar-refractivity contribution in [3.8, 4) is 11.5 Å². The van der Waals surface area contributed by atoms with Crippen LogP contribution in [0, 0.1) is 12.8 Å². The Labute approximate surface area is 185 Å². The SMILES string of the molecule is Cc1ccc(-c2nnc(C(C)OC(=O)C3CCN(c4nc5ccccc5o4)CC3)o2)cc1. The van der Waals surface area contributed by atoms with Crippen LogP contribution in [-0.4, -0.2) is 34.2 Å². The molecular formula is C24H24N4O4. The predicted octanol–water partition coefficient (Wildman–Crippen LogP) is 4.71. The van der Waals surface area contributed by atoms with Crippen LogP contribution in [0.4, 0.5) is 6.01 Å². The quantitative estimate of drug-likeness (QED) is 0.419. The van der Waals surface area contributed by atoms with Gasteiger partial charge in [-0.15, -0.1) is 10.2 Å². The first kappa shape index (κ1) is 20.2. The number of ether oxygens (including phenoxy) is 1. The van der Waals surface area contributed by atoms with Gasteiger partial charge in [-0.05, 0) is 51.0 Å². The van der Waals surface area contributed by atoms with Crippen LogP contribution < -0.4 is 4.90 Å². The number of esters is 1. The van der Waals surface area contributed by atoms with E-state index in [1.165, 1.54) is 0 Å². The topological polar surface area (TPSA) is 94.5 Å². The lowest BCUT2D eigenvalue weighted by Gasteiger charge is -2.30. The van der Waals surface area contributed by atoms with Crippen LogP contribution in [0.15, 0.2) is 57.4 Å². The Morgan fingerprint density at radius 2 is 1.81 bits per heavy atom. The van der Waals surface area contributed by atoms with Crippen molar-refractivity contribution in [1.29, 1.82) is 0 Å². The summed E-state index contributed by atoms with van der Waals surface area (Å²) in [5.41, 5.74) is 3.59. The number of hydrogen-bond donors (Lipinski definition) is 0. The molecule has 0 amide bonds. The smallest absolute Gasteiger partial charge is 0.309 e. The highest BCUT2D eigenvalue weighted by Gasteiger charge is 2.30. The lowest BCUT2D eigenvalue weighted by atomic mass is 9.97. The highest BCUT2D eigenvalue weighted by molar-refractivity contribution is 5.75. The van der Waals surface area contributed by atoms with Gasteiger partial charge in [0.05, 0.1) is 5.92 Å². The monoisotopic (exact) mass is 432 g/mol. The predicted molar refractivity (Wildman–Crippen MR) is 118 cm³/mol. The van der Waals surface area contributed by atoms with Crippen molar-refractivity contribution >= 4 is 23.1 Å². The van der Waals surface area contributed by atoms with Gasteiger partial charge in [-0.3, -0.25) is 4.79 Å². The molecule has 4 aromatic rings. The number of carbonyl (C=O) groups is 1. The number of nitrogens with zero attached hydrogens (tertiary/aromatic N) is 4. The number of oxazole rings is 1. The number of fused-ring (bicyclic) bond motifs is 1. The van der Waals surface area contributed by atoms with Gasteiger partial charge in [-0.2, -0.15) is 4.98 Å². The Bertz CT molecular complexity index is 1190. The summed E-state index contributed by atoms with van der Waals surface area (Å²) in [7, 11) is 0. The molecule has 2 aromatic carbocycles. The molecule has 164 valence electrons. The van der Waals surface area contributed by atoms with Crippen molar-refractivity contribution in [2.75, 3.05) is 18.0 Å². The fourth-order valence-electron chi connectivity index (χ4n) is 3.83. The maximum absolute atomic E-state index is 12.7. The summed E-state index contributed by atoms with van der Waals surface area (Å²) in [6.07, 6.45) is 0.732. The van der Waals surface area contributed by atoms with Crippen LogP contribution in [0.3, 0.4) is 0 Å². The van der Waals surface area contributed by atoms with Crippen LogP contribution >= 0.6 is 0 Å². The van der Waals surface area contributed by atoms with Gasteiger partial charge in [-0.1, -0.05) is 29.8 Å². The molecule has 1 fully saturated rings. The van der Waals surface area contributed by atoms with Crippen molar-refractivity contribution in [1.82, 2.24) is 15.2 Å². The van der Waals surface area contributed by atoms with Gasteiger partial charge < -0.3 is 18.5 Å². The lowest BCUT2D eigenvalue weighted by molar-refractivity contribution is -0.155. The Balaban J connectivity index is 1.17. The second-order valence-electron chi connectivity index (χ2n) is 8.12. The summed E-state index contributed by atoms with van der Waals surface area (Å²) < 4.78 is 17.2. The molecule has 0 bridgehead atoms. The fraction of sp³-hybridized carbons (Fsp3) is 0.333. The molecule has 1 saturated heterocycles. The van der Waals surface area contributed by atoms with E-state index in [1.54, 1.807) is 6.92 Å². The third-order valence-corrected chi connectivity index (χ3v) is 5.76. The highest BCUT2D eigenvalue weighted by atomic mass is 16.6. The molecule has 8 heteroatoms. The number of rotatable bonds is 5. The van der Waals surface area contributed by atoms with Crippen molar-refractivity contribution < 1.29 is 18.4 Å². The van der Waals surface area contributed by atoms with Crippen LogP contribution in [0.2, 0.25) is 0 Å². The molecule has 1 aliphatic rings. The van der Waals surface area contributed by atoms with E-state index in [1.807, 2.05) is 55.5 Å². The first-order chi connectivity index (χ1) is 15.6. The van der Waals surface area contributed by atoms with Gasteiger partial charge in [0.25, 0.3) is 11.9 Å². The van der Waals surface area contributed by atoms with Gasteiger partial charge in [0.2, 0.25) is 5.89 Å². The Morgan fingerprint density at radius 1 is 1.06 bits per heavy atom. The van der Waals surface area contributed by atoms with E-state index < -0.39 is 6.10 Å². The molecule has 0 spiro atoms. The zero-order chi connectivity index (χ0) is 22.1. The molecule has 8 nitrogen and oxygen atoms in total. The number of anilines is 1. The minimum absolute atomic E-state index is 0.183. The molecule has 1 unspecified atom stereocenters. The number of aryl methyl sites for hydroxylation is 1. The summed E-state index contributed by atoms with van der Waals surface area (Å²) in [5, 5.41) is 8.15. The second-order valence-corrected chi connectivity index (χ2v) is 8.12. The van der Waals surface area contributed by atoms with Crippen LogP contribution in [0.25, 0.3) is 22.6 Å². The van der Waals surface area contributed by atoms with Crippen LogP contribution in [0.1, 0.15) is 37.3 Å². The van der Waals surface area contributed by atoms with Crippen molar-refractivity contribution in [2.45, 2.75) is 32.8 Å². The third-order valence-electron chi connectivity index (χ3n) is 5.76. The number of para-hydroxylation sites is 2. The molecule has 5 rings (SSSR count). The summed E-state index contributed by atoms with van der Waals surface area (Å²) in [5.74, 6) is 0.273. The molecule has 1 aliphatic heterocycles. The van der Waals surface area contributed by atoms with E-state index in [2.05, 4.69) is 20.1 Å². The maximum Gasteiger partial charge on any atom is 0.309 e. The number of hydrogen-bond acceptors (Lipinski definition) is 8. The van der Waals surface area contributed by atoms with Crippen molar-refractivity contribution in [3.05, 3.63) is 60.0 Å². The molecule has 1 atom stereocenters. The van der Waals surface area contributed by atoms with Gasteiger partial charge in [0.15, 0.2) is 11.7 Å². The van der Waals surface area contributed by atoms with Gasteiger partial charge >= 0.3 is 5.97 Å². The molecule has 2 aromatic heterocycles. The standard InChI is InChI=1S/C24H24N4O4/c1-15-7-9-17(10-8-15)22-27-26-21(32-22)16(2)30-23(29)18-11-13-28(14-12-18)24-25-19-5-3-4-6-20(19)31-24/h3-10,16,18H,11-14H2,1-2H3. The Morgan fingerprint density at radius 3 is 2.56 bits per heavy atom. The number of piperidine rings is 1. The Kier molecular flexibility index (Phi) is 5.34. The van der Waals surface area contributed by atoms with Gasteiger partial charge in [0.1, 0.15) is 5.52 Å². The largest absolute Gasteiger partial charge is 0.452 e. The number of benzene rings is 2. The summed E-state index contributed by atoms with van der Waals surface area (Å²) in [6.45, 7) is 5.12. The van der Waals surface area contributed by atoms with E-state index in [-0.39, 0.29) is 17.8 Å². The maximum atomic E-state index is 12.7. The average molecular weight is 432 g/mol. The minimum Gasteiger partial charge on any atom is -0.452 e. The number of carbonyl (C=O) groups excluding carboxylic acids is 1. The van der Waals surface area contributed by atoms with Crippen LogP contribution in [-0.2, 0) is 9.53 Å². The van der Waals surface area contributed by atoms with E-state index >= 15 is 0 Å². The molecule has 32 heavy (non-hydrogen) atoms. The normalized spacial score (nSPS) is 15.8. The minimum atomic E-state index is -0.607. The van der Waals surface area contributed by atoms with Crippen molar-refractivity contribution in [3.63, 3.8) is 0 Å². The van der Waals surface area contributed by atoms with E-state index in [4.69, 9.17) is 13.6 Å². The lowest BCUT2D eigenvalue weighted by Crippen LogP contribution is -2.37. The Hall–Kier alpha value is -3.68. The summed E-state index contributed by atoms with van der Waals surface area (Å²) >= 11 is 0. The fourth-order valence-corrected chi connectivity index (χ4v) is 3.83. The first-order valence-electron chi connectivity index (χ1n) is 10.8. The second kappa shape index (κ2) is 8.45. The van der Waals surface area contributed by atoms with Gasteiger partial charge in [-0.25, -0.2) is 0 Å². The van der Waals surface area contributed by atoms with E-state index in [0.29, 0.717) is 37.8 Å². The highest BCUT2D eigenvalue weighted by Crippen LogP contribution is 2.29. The summed E-state index contributed by atoms with van der Waals surface area (Å²) in [6, 6.07) is 16.1. The number of aromatic nitrogens is 3. The molecule has 0 N–H and O–H groups in total. The van der Waals surface area contributed by atoms with E-state index in [0.717, 1.165) is 22.2 Å². The zero-order valence-corrected chi connectivity index (χ0v) is 18.0. The molecular weight excluding hydrogens is 408 g/mol. The molecule has 3 heterocycles. The molecule has 0 aliphatic carbocycles. The molecule has 0 radical (unpaired) electrons. The van der Waals surface area contributed by atoms with Crippen molar-refractivity contribution in [2.24, 2.45) is 5.92 Å². The summed E-state index contributed by atoms with van der Waals surface area (Å²) in [4.78, 5) is 19.3. The zero-order valence-electron chi connectivity index (χ0n) is 18.0. The third kappa shape index (κ3) is 4.08. The van der Waals surface area contributed by atoms with E-state index in [9.17, 15) is 4.79 Å².